The SMILES string of the molecule is Cc1ncsc1CN(C)c1ccc(N)c(N)n1. The quantitative estimate of drug-likeness (QED) is 0.864. The molecule has 0 fully saturated rings. The molecular weight excluding hydrogens is 234 g/mol. The van der Waals surface area contributed by atoms with E-state index >= 15 is 0 Å². The molecular formula is C11H15N5S. The molecule has 2 heterocycles. The van der Waals surface area contributed by atoms with Gasteiger partial charge in [0.15, 0.2) is 0 Å². The predicted octanol–water partition coefficient (Wildman–Crippen LogP) is 1.65. The minimum Gasteiger partial charge on any atom is -0.396 e. The number of aromatic nitrogens is 2. The number of anilines is 3. The molecule has 0 aliphatic heterocycles. The smallest absolute Gasteiger partial charge is 0.149 e. The fraction of sp³-hybridized carbons (Fsp3) is 0.273. The fourth-order valence-corrected chi connectivity index (χ4v) is 2.29. The average Bonchev–Trinajstić information content (AvgIpc) is 2.68. The van der Waals surface area contributed by atoms with E-state index in [-0.39, 0.29) is 0 Å². The minimum absolute atomic E-state index is 0.371. The Morgan fingerprint density at radius 1 is 1.35 bits per heavy atom. The molecule has 0 atom stereocenters. The van der Waals surface area contributed by atoms with Crippen molar-refractivity contribution in [2.75, 3.05) is 23.4 Å². The van der Waals surface area contributed by atoms with E-state index in [4.69, 9.17) is 11.5 Å². The molecule has 0 aromatic carbocycles. The van der Waals surface area contributed by atoms with Crippen LogP contribution >= 0.6 is 11.3 Å². The van der Waals surface area contributed by atoms with Gasteiger partial charge in [-0.2, -0.15) is 0 Å². The number of aryl methyl sites for hydroxylation is 1. The molecule has 6 heteroatoms. The third-order valence-electron chi connectivity index (χ3n) is 2.56. The van der Waals surface area contributed by atoms with Gasteiger partial charge in [0, 0.05) is 11.9 Å². The predicted molar refractivity (Wildman–Crippen MR) is 72.0 cm³/mol. The van der Waals surface area contributed by atoms with Crippen LogP contribution in [0.2, 0.25) is 0 Å². The number of rotatable bonds is 3. The highest BCUT2D eigenvalue weighted by Gasteiger charge is 2.08. The van der Waals surface area contributed by atoms with Crippen LogP contribution in [0.4, 0.5) is 17.3 Å². The van der Waals surface area contributed by atoms with Crippen LogP contribution in [0.15, 0.2) is 17.6 Å². The van der Waals surface area contributed by atoms with Crippen molar-refractivity contribution in [2.45, 2.75) is 13.5 Å². The molecule has 17 heavy (non-hydrogen) atoms. The number of hydrogen-bond donors (Lipinski definition) is 2. The standard InChI is InChI=1S/C11H15N5S/c1-7-9(17-6-14-7)5-16(2)10-4-3-8(12)11(13)15-10/h3-4,6H,5,12H2,1-2H3,(H2,13,15). The maximum Gasteiger partial charge on any atom is 0.149 e. The van der Waals surface area contributed by atoms with Crippen LogP contribution in [-0.2, 0) is 6.54 Å². The van der Waals surface area contributed by atoms with Gasteiger partial charge >= 0.3 is 0 Å². The topological polar surface area (TPSA) is 81.1 Å². The highest BCUT2D eigenvalue weighted by Crippen LogP contribution is 2.21. The molecule has 4 N–H and O–H groups in total. The lowest BCUT2D eigenvalue weighted by atomic mass is 10.3. The zero-order valence-electron chi connectivity index (χ0n) is 9.84. The molecule has 0 spiro atoms. The van der Waals surface area contributed by atoms with Crippen molar-refractivity contribution in [3.63, 3.8) is 0 Å². The van der Waals surface area contributed by atoms with Gasteiger partial charge < -0.3 is 16.4 Å². The van der Waals surface area contributed by atoms with Crippen molar-refractivity contribution in [1.29, 1.82) is 0 Å². The van der Waals surface area contributed by atoms with Gasteiger partial charge in [0.2, 0.25) is 0 Å². The Labute approximate surface area is 104 Å². The van der Waals surface area contributed by atoms with Gasteiger partial charge in [0.05, 0.1) is 23.4 Å². The van der Waals surface area contributed by atoms with Crippen molar-refractivity contribution in [2.24, 2.45) is 0 Å². The first-order valence-corrected chi connectivity index (χ1v) is 6.08. The molecule has 2 aromatic heterocycles. The molecule has 0 amide bonds. The lowest BCUT2D eigenvalue weighted by molar-refractivity contribution is 0.903. The molecule has 2 rings (SSSR count). The lowest BCUT2D eigenvalue weighted by Crippen LogP contribution is -2.18. The highest BCUT2D eigenvalue weighted by atomic mass is 32.1. The monoisotopic (exact) mass is 249 g/mol. The summed E-state index contributed by atoms with van der Waals surface area (Å²) < 4.78 is 0. The second-order valence-electron chi connectivity index (χ2n) is 3.86. The van der Waals surface area contributed by atoms with Crippen molar-refractivity contribution in [3.8, 4) is 0 Å². The fourth-order valence-electron chi connectivity index (χ4n) is 1.46. The molecule has 2 aromatic rings. The Bertz CT molecular complexity index is 522. The number of pyridine rings is 1. The summed E-state index contributed by atoms with van der Waals surface area (Å²) in [5, 5.41) is 0. The molecule has 5 nitrogen and oxygen atoms in total. The van der Waals surface area contributed by atoms with Gasteiger partial charge in [-0.1, -0.05) is 0 Å². The highest BCUT2D eigenvalue weighted by molar-refractivity contribution is 7.09. The Hall–Kier alpha value is -1.82. The van der Waals surface area contributed by atoms with Crippen LogP contribution in [0.3, 0.4) is 0 Å². The van der Waals surface area contributed by atoms with Crippen molar-refractivity contribution < 1.29 is 0 Å². The van der Waals surface area contributed by atoms with Crippen molar-refractivity contribution >= 4 is 28.7 Å². The number of hydrogen-bond acceptors (Lipinski definition) is 6. The summed E-state index contributed by atoms with van der Waals surface area (Å²) in [6.45, 7) is 2.78. The number of thiazole rings is 1. The van der Waals surface area contributed by atoms with Crippen LogP contribution < -0.4 is 16.4 Å². The molecule has 0 radical (unpaired) electrons. The first-order chi connectivity index (χ1) is 8.08. The van der Waals surface area contributed by atoms with Gasteiger partial charge in [-0.25, -0.2) is 9.97 Å². The van der Waals surface area contributed by atoms with Crippen LogP contribution in [0.25, 0.3) is 0 Å². The van der Waals surface area contributed by atoms with E-state index in [0.29, 0.717) is 11.5 Å². The Kier molecular flexibility index (Phi) is 3.14. The molecule has 0 bridgehead atoms. The summed E-state index contributed by atoms with van der Waals surface area (Å²) in [5.41, 5.74) is 14.7. The lowest BCUT2D eigenvalue weighted by Gasteiger charge is -2.18. The van der Waals surface area contributed by atoms with E-state index in [1.54, 1.807) is 17.4 Å². The Balaban J connectivity index is 2.17. The van der Waals surface area contributed by atoms with E-state index in [2.05, 4.69) is 9.97 Å². The van der Waals surface area contributed by atoms with Gasteiger partial charge in [0.25, 0.3) is 0 Å². The number of nitrogens with two attached hydrogens (primary N) is 2. The van der Waals surface area contributed by atoms with E-state index in [0.717, 1.165) is 18.1 Å². The molecule has 0 saturated heterocycles. The summed E-state index contributed by atoms with van der Waals surface area (Å²) >= 11 is 1.64. The van der Waals surface area contributed by atoms with Crippen molar-refractivity contribution in [1.82, 2.24) is 9.97 Å². The second-order valence-corrected chi connectivity index (χ2v) is 4.80. The maximum atomic E-state index is 5.69. The molecule has 0 saturated carbocycles. The van der Waals surface area contributed by atoms with Gasteiger partial charge in [-0.05, 0) is 19.1 Å². The van der Waals surface area contributed by atoms with E-state index in [9.17, 15) is 0 Å². The third-order valence-corrected chi connectivity index (χ3v) is 3.48. The summed E-state index contributed by atoms with van der Waals surface area (Å²) in [6.07, 6.45) is 0. The van der Waals surface area contributed by atoms with Crippen LogP contribution in [0.1, 0.15) is 10.6 Å². The Morgan fingerprint density at radius 3 is 2.71 bits per heavy atom. The van der Waals surface area contributed by atoms with E-state index in [1.165, 1.54) is 4.88 Å². The maximum absolute atomic E-state index is 5.69. The van der Waals surface area contributed by atoms with Crippen molar-refractivity contribution in [3.05, 3.63) is 28.2 Å². The van der Waals surface area contributed by atoms with Crippen LogP contribution in [0.5, 0.6) is 0 Å². The van der Waals surface area contributed by atoms with Gasteiger partial charge in [-0.3, -0.25) is 0 Å². The van der Waals surface area contributed by atoms with E-state index < -0.39 is 0 Å². The first-order valence-electron chi connectivity index (χ1n) is 5.20. The molecule has 0 aliphatic rings. The zero-order valence-corrected chi connectivity index (χ0v) is 10.7. The summed E-state index contributed by atoms with van der Waals surface area (Å²) in [4.78, 5) is 11.7. The molecule has 0 aliphatic carbocycles. The van der Waals surface area contributed by atoms with Gasteiger partial charge in [0.1, 0.15) is 11.6 Å². The minimum atomic E-state index is 0.371. The number of nitrogen functional groups attached to an aromatic ring is 2. The van der Waals surface area contributed by atoms with Gasteiger partial charge in [-0.15, -0.1) is 11.3 Å². The normalized spacial score (nSPS) is 10.5. The summed E-state index contributed by atoms with van der Waals surface area (Å²) in [7, 11) is 1.97. The van der Waals surface area contributed by atoms with E-state index in [1.807, 2.05) is 30.4 Å². The summed E-state index contributed by atoms with van der Waals surface area (Å²) in [5.74, 6) is 1.18. The Morgan fingerprint density at radius 2 is 2.12 bits per heavy atom. The molecule has 0 unspecified atom stereocenters. The largest absolute Gasteiger partial charge is 0.396 e. The second kappa shape index (κ2) is 4.58. The summed E-state index contributed by atoms with van der Waals surface area (Å²) in [6, 6.07) is 3.63. The average molecular weight is 249 g/mol. The third kappa shape index (κ3) is 2.47. The van der Waals surface area contributed by atoms with Crippen LogP contribution in [-0.4, -0.2) is 17.0 Å². The van der Waals surface area contributed by atoms with Crippen LogP contribution in [0, 0.1) is 6.92 Å². The first kappa shape index (κ1) is 11.7. The zero-order chi connectivity index (χ0) is 12.4. The molecule has 90 valence electrons. The number of nitrogens with zero attached hydrogens (tertiary/aromatic N) is 3.